The number of hydrogen-bond donors (Lipinski definition) is 1. The molecule has 0 saturated heterocycles. The molecule has 1 fully saturated rings. The Morgan fingerprint density at radius 3 is 3.00 bits per heavy atom. The maximum atomic E-state index is 4.32. The fourth-order valence-electron chi connectivity index (χ4n) is 1.59. The average Bonchev–Trinajstić information content (AvgIpc) is 2.87. The summed E-state index contributed by atoms with van der Waals surface area (Å²) in [5, 5.41) is 7.84. The summed E-state index contributed by atoms with van der Waals surface area (Å²) in [6, 6.07) is 1.33. The first-order valence-corrected chi connectivity index (χ1v) is 5.50. The molecule has 1 aromatic rings. The summed E-state index contributed by atoms with van der Waals surface area (Å²) >= 11 is 0. The first kappa shape index (κ1) is 9.71. The van der Waals surface area contributed by atoms with E-state index in [4.69, 9.17) is 0 Å². The highest BCUT2D eigenvalue weighted by Gasteiger charge is 2.20. The van der Waals surface area contributed by atoms with Crippen LogP contribution in [0.25, 0.3) is 0 Å². The van der Waals surface area contributed by atoms with Crippen LogP contribution in [0.1, 0.15) is 37.8 Å². The fraction of sp³-hybridized carbons (Fsp3) is 0.727. The summed E-state index contributed by atoms with van der Waals surface area (Å²) in [5.41, 5.74) is 1.24. The normalized spacial score (nSPS) is 18.4. The van der Waals surface area contributed by atoms with Crippen LogP contribution in [0.4, 0.5) is 0 Å². The minimum absolute atomic E-state index is 0.509. The van der Waals surface area contributed by atoms with E-state index in [1.807, 2.05) is 6.20 Å². The van der Waals surface area contributed by atoms with Crippen molar-refractivity contribution >= 4 is 0 Å². The van der Waals surface area contributed by atoms with Crippen LogP contribution in [0, 0.1) is 6.92 Å². The zero-order valence-corrected chi connectivity index (χ0v) is 9.03. The highest BCUT2D eigenvalue weighted by molar-refractivity contribution is 5.00. The Morgan fingerprint density at radius 2 is 2.43 bits per heavy atom. The molecule has 14 heavy (non-hydrogen) atoms. The van der Waals surface area contributed by atoms with Crippen molar-refractivity contribution in [2.45, 2.75) is 45.2 Å². The number of hydrogen-bond acceptors (Lipinski definition) is 2. The summed E-state index contributed by atoms with van der Waals surface area (Å²) in [4.78, 5) is 0. The van der Waals surface area contributed by atoms with E-state index in [0.717, 1.165) is 19.0 Å². The van der Waals surface area contributed by atoms with Crippen LogP contribution in [-0.4, -0.2) is 22.4 Å². The lowest BCUT2D eigenvalue weighted by Crippen LogP contribution is -2.20. The van der Waals surface area contributed by atoms with Gasteiger partial charge in [0.25, 0.3) is 0 Å². The second-order valence-electron chi connectivity index (χ2n) is 4.36. The van der Waals surface area contributed by atoms with Crippen molar-refractivity contribution in [1.29, 1.82) is 0 Å². The summed E-state index contributed by atoms with van der Waals surface area (Å²) in [6.07, 6.45) is 7.94. The SMILES string of the molecule is Cc1cnn(C(C)CCNC2CC2)c1. The second-order valence-corrected chi connectivity index (χ2v) is 4.36. The van der Waals surface area contributed by atoms with Crippen LogP contribution in [0.2, 0.25) is 0 Å². The number of nitrogens with one attached hydrogen (secondary N) is 1. The van der Waals surface area contributed by atoms with Gasteiger partial charge in [-0.2, -0.15) is 5.10 Å². The number of rotatable bonds is 5. The first-order chi connectivity index (χ1) is 6.75. The average molecular weight is 193 g/mol. The quantitative estimate of drug-likeness (QED) is 0.774. The van der Waals surface area contributed by atoms with Crippen molar-refractivity contribution in [3.05, 3.63) is 18.0 Å². The minimum Gasteiger partial charge on any atom is -0.314 e. The summed E-state index contributed by atoms with van der Waals surface area (Å²) in [7, 11) is 0. The molecule has 1 N–H and O–H groups in total. The van der Waals surface area contributed by atoms with E-state index in [1.165, 1.54) is 18.4 Å². The molecule has 0 amide bonds. The Kier molecular flexibility index (Phi) is 2.87. The standard InChI is InChI=1S/C11H19N3/c1-9-7-13-14(8-9)10(2)5-6-12-11-3-4-11/h7-8,10-12H,3-6H2,1-2H3. The molecule has 1 heterocycles. The van der Waals surface area contributed by atoms with Crippen molar-refractivity contribution in [3.63, 3.8) is 0 Å². The lowest BCUT2D eigenvalue weighted by atomic mass is 10.2. The molecule has 1 aliphatic rings. The smallest absolute Gasteiger partial charge is 0.0519 e. The predicted octanol–water partition coefficient (Wildman–Crippen LogP) is 1.89. The molecule has 2 rings (SSSR count). The summed E-state index contributed by atoms with van der Waals surface area (Å²) in [5.74, 6) is 0. The van der Waals surface area contributed by atoms with Crippen LogP contribution in [0.15, 0.2) is 12.4 Å². The molecule has 1 saturated carbocycles. The molecular formula is C11H19N3. The van der Waals surface area contributed by atoms with E-state index in [0.29, 0.717) is 6.04 Å². The number of aromatic nitrogens is 2. The molecule has 78 valence electrons. The van der Waals surface area contributed by atoms with Crippen LogP contribution >= 0.6 is 0 Å². The van der Waals surface area contributed by atoms with Crippen molar-refractivity contribution in [3.8, 4) is 0 Å². The molecule has 0 aromatic carbocycles. The van der Waals surface area contributed by atoms with E-state index in [9.17, 15) is 0 Å². The second kappa shape index (κ2) is 4.13. The molecule has 0 spiro atoms. The molecule has 1 aromatic heterocycles. The Labute approximate surface area is 85.5 Å². The van der Waals surface area contributed by atoms with Gasteiger partial charge in [0, 0.05) is 12.2 Å². The van der Waals surface area contributed by atoms with Gasteiger partial charge in [-0.1, -0.05) is 0 Å². The van der Waals surface area contributed by atoms with Crippen LogP contribution in [0.5, 0.6) is 0 Å². The third-order valence-electron chi connectivity index (χ3n) is 2.75. The van der Waals surface area contributed by atoms with E-state index in [1.54, 1.807) is 0 Å². The Bertz CT molecular complexity index is 288. The maximum Gasteiger partial charge on any atom is 0.0519 e. The Morgan fingerprint density at radius 1 is 1.64 bits per heavy atom. The summed E-state index contributed by atoms with van der Waals surface area (Å²) < 4.78 is 2.06. The highest BCUT2D eigenvalue weighted by atomic mass is 15.3. The molecule has 3 heteroatoms. The molecule has 0 bridgehead atoms. The van der Waals surface area contributed by atoms with Crippen molar-refractivity contribution < 1.29 is 0 Å². The predicted molar refractivity (Wildman–Crippen MR) is 57.3 cm³/mol. The van der Waals surface area contributed by atoms with Crippen LogP contribution in [-0.2, 0) is 0 Å². The van der Waals surface area contributed by atoms with Gasteiger partial charge in [-0.05, 0) is 45.2 Å². The zero-order valence-electron chi connectivity index (χ0n) is 9.03. The molecule has 0 radical (unpaired) electrons. The van der Waals surface area contributed by atoms with Crippen molar-refractivity contribution in [1.82, 2.24) is 15.1 Å². The molecule has 3 nitrogen and oxygen atoms in total. The van der Waals surface area contributed by atoms with Crippen LogP contribution in [0.3, 0.4) is 0 Å². The van der Waals surface area contributed by atoms with E-state index >= 15 is 0 Å². The monoisotopic (exact) mass is 193 g/mol. The van der Waals surface area contributed by atoms with Gasteiger partial charge in [0.1, 0.15) is 0 Å². The fourth-order valence-corrected chi connectivity index (χ4v) is 1.59. The van der Waals surface area contributed by atoms with Gasteiger partial charge in [-0.3, -0.25) is 4.68 Å². The Hall–Kier alpha value is -0.830. The highest BCUT2D eigenvalue weighted by Crippen LogP contribution is 2.19. The Balaban J connectivity index is 1.73. The van der Waals surface area contributed by atoms with E-state index < -0.39 is 0 Å². The largest absolute Gasteiger partial charge is 0.314 e. The summed E-state index contributed by atoms with van der Waals surface area (Å²) in [6.45, 7) is 5.42. The van der Waals surface area contributed by atoms with Gasteiger partial charge in [-0.25, -0.2) is 0 Å². The molecular weight excluding hydrogens is 174 g/mol. The minimum atomic E-state index is 0.509. The van der Waals surface area contributed by atoms with Crippen molar-refractivity contribution in [2.24, 2.45) is 0 Å². The third kappa shape index (κ3) is 2.58. The number of aryl methyl sites for hydroxylation is 1. The van der Waals surface area contributed by atoms with E-state index in [-0.39, 0.29) is 0 Å². The van der Waals surface area contributed by atoms with Gasteiger partial charge in [-0.15, -0.1) is 0 Å². The van der Waals surface area contributed by atoms with Gasteiger partial charge >= 0.3 is 0 Å². The lowest BCUT2D eigenvalue weighted by Gasteiger charge is -2.12. The van der Waals surface area contributed by atoms with Gasteiger partial charge < -0.3 is 5.32 Å². The molecule has 1 aliphatic carbocycles. The molecule has 0 aliphatic heterocycles. The first-order valence-electron chi connectivity index (χ1n) is 5.50. The number of nitrogens with zero attached hydrogens (tertiary/aromatic N) is 2. The van der Waals surface area contributed by atoms with E-state index in [2.05, 4.69) is 35.1 Å². The zero-order chi connectivity index (χ0) is 9.97. The maximum absolute atomic E-state index is 4.32. The van der Waals surface area contributed by atoms with Gasteiger partial charge in [0.05, 0.1) is 12.2 Å². The van der Waals surface area contributed by atoms with Crippen LogP contribution < -0.4 is 5.32 Å². The van der Waals surface area contributed by atoms with Crippen molar-refractivity contribution in [2.75, 3.05) is 6.54 Å². The molecule has 1 unspecified atom stereocenters. The van der Waals surface area contributed by atoms with Gasteiger partial charge in [0.2, 0.25) is 0 Å². The van der Waals surface area contributed by atoms with Gasteiger partial charge in [0.15, 0.2) is 0 Å². The third-order valence-corrected chi connectivity index (χ3v) is 2.75. The molecule has 1 atom stereocenters. The lowest BCUT2D eigenvalue weighted by molar-refractivity contribution is 0.443. The topological polar surface area (TPSA) is 29.9 Å².